The van der Waals surface area contributed by atoms with E-state index < -0.39 is 13.7 Å². The highest BCUT2D eigenvalue weighted by Gasteiger charge is 2.23. The lowest BCUT2D eigenvalue weighted by Gasteiger charge is -2.21. The second kappa shape index (κ2) is 17.1. The lowest BCUT2D eigenvalue weighted by atomic mass is 10.0. The lowest BCUT2D eigenvalue weighted by Crippen LogP contribution is -2.21. The summed E-state index contributed by atoms with van der Waals surface area (Å²) in [6.45, 7) is 2.27. The van der Waals surface area contributed by atoms with Crippen molar-refractivity contribution in [1.29, 1.82) is 0 Å². The number of rotatable bonds is 20. The van der Waals surface area contributed by atoms with Crippen LogP contribution >= 0.6 is 7.60 Å². The van der Waals surface area contributed by atoms with Crippen LogP contribution in [0.15, 0.2) is 42.5 Å². The van der Waals surface area contributed by atoms with Gasteiger partial charge < -0.3 is 14.5 Å². The second-order valence-electron chi connectivity index (χ2n) is 9.80. The van der Waals surface area contributed by atoms with Crippen molar-refractivity contribution in [3.8, 4) is 5.75 Å². The summed E-state index contributed by atoms with van der Waals surface area (Å²) in [7, 11) is -4.13. The molecular formula is C29H47O4P. The standard InChI is InChI=1S/C29H47O4P/c1-2-3-4-5-6-7-8-9-10-11-12-13-14-15-16-22-27(25-34(30,31)32)33-29-24-19-21-26-20-17-18-23-28(26)29/h17-21,23-24,27H,2-16,22,25H2,1H3,(H2,30,31,32). The smallest absolute Gasteiger partial charge is 0.329 e. The molecule has 2 aromatic rings. The molecule has 1 atom stereocenters. The van der Waals surface area contributed by atoms with Crippen LogP contribution in [0, 0.1) is 0 Å². The van der Waals surface area contributed by atoms with Gasteiger partial charge in [-0.1, -0.05) is 133 Å². The molecule has 2 N–H and O–H groups in total. The van der Waals surface area contributed by atoms with Crippen LogP contribution in [-0.4, -0.2) is 22.1 Å². The van der Waals surface area contributed by atoms with Gasteiger partial charge in [-0.3, -0.25) is 4.57 Å². The van der Waals surface area contributed by atoms with Crippen molar-refractivity contribution >= 4 is 18.4 Å². The van der Waals surface area contributed by atoms with E-state index >= 15 is 0 Å². The van der Waals surface area contributed by atoms with Crippen LogP contribution in [-0.2, 0) is 4.57 Å². The Labute approximate surface area is 207 Å². The van der Waals surface area contributed by atoms with E-state index in [-0.39, 0.29) is 6.16 Å². The summed E-state index contributed by atoms with van der Waals surface area (Å²) in [6.07, 6.45) is 19.6. The largest absolute Gasteiger partial charge is 0.489 e. The Bertz CT molecular complexity index is 826. The van der Waals surface area contributed by atoms with E-state index in [0.29, 0.717) is 12.2 Å². The fraction of sp³-hybridized carbons (Fsp3) is 0.655. The molecule has 192 valence electrons. The molecule has 0 aliphatic carbocycles. The van der Waals surface area contributed by atoms with Crippen LogP contribution < -0.4 is 4.74 Å². The molecule has 0 spiro atoms. The van der Waals surface area contributed by atoms with Crippen molar-refractivity contribution in [3.63, 3.8) is 0 Å². The maximum Gasteiger partial charge on any atom is 0.329 e. The van der Waals surface area contributed by atoms with E-state index in [4.69, 9.17) is 4.74 Å². The average Bonchev–Trinajstić information content (AvgIpc) is 2.81. The van der Waals surface area contributed by atoms with Crippen LogP contribution in [0.25, 0.3) is 10.8 Å². The van der Waals surface area contributed by atoms with Gasteiger partial charge in [0, 0.05) is 5.39 Å². The highest BCUT2D eigenvalue weighted by Crippen LogP contribution is 2.38. The van der Waals surface area contributed by atoms with Gasteiger partial charge in [-0.15, -0.1) is 0 Å². The molecule has 0 aliphatic rings. The van der Waals surface area contributed by atoms with E-state index in [9.17, 15) is 14.4 Å². The summed E-state index contributed by atoms with van der Waals surface area (Å²) in [5.41, 5.74) is 0. The van der Waals surface area contributed by atoms with E-state index in [1.54, 1.807) is 0 Å². The number of unbranched alkanes of at least 4 members (excludes halogenated alkanes) is 14. The Balaban J connectivity index is 1.59. The fourth-order valence-corrected chi connectivity index (χ4v) is 5.46. The van der Waals surface area contributed by atoms with Crippen LogP contribution in [0.3, 0.4) is 0 Å². The Kier molecular flexibility index (Phi) is 14.6. The van der Waals surface area contributed by atoms with Gasteiger partial charge in [0.2, 0.25) is 0 Å². The quantitative estimate of drug-likeness (QED) is 0.143. The van der Waals surface area contributed by atoms with Crippen molar-refractivity contribution < 1.29 is 19.1 Å². The summed E-state index contributed by atoms with van der Waals surface area (Å²) in [4.78, 5) is 19.1. The first-order chi connectivity index (χ1) is 16.5. The van der Waals surface area contributed by atoms with Gasteiger partial charge in [0.25, 0.3) is 0 Å². The number of benzene rings is 2. The van der Waals surface area contributed by atoms with Crippen molar-refractivity contribution in [3.05, 3.63) is 42.5 Å². The van der Waals surface area contributed by atoms with Crippen molar-refractivity contribution in [2.45, 2.75) is 116 Å². The van der Waals surface area contributed by atoms with Crippen molar-refractivity contribution in [2.24, 2.45) is 0 Å². The predicted octanol–water partition coefficient (Wildman–Crippen LogP) is 9.03. The third kappa shape index (κ3) is 12.9. The first kappa shape index (κ1) is 28.9. The van der Waals surface area contributed by atoms with Gasteiger partial charge in [0.1, 0.15) is 11.9 Å². The highest BCUT2D eigenvalue weighted by atomic mass is 31.2. The Morgan fingerprint density at radius 3 is 1.76 bits per heavy atom. The molecule has 0 radical (unpaired) electrons. The summed E-state index contributed by atoms with van der Waals surface area (Å²) < 4.78 is 17.8. The molecule has 2 aromatic carbocycles. The van der Waals surface area contributed by atoms with Gasteiger partial charge in [0.05, 0.1) is 6.16 Å². The zero-order chi connectivity index (χ0) is 24.5. The molecular weight excluding hydrogens is 443 g/mol. The number of hydrogen-bond donors (Lipinski definition) is 2. The molecule has 0 aliphatic heterocycles. The molecule has 34 heavy (non-hydrogen) atoms. The van der Waals surface area contributed by atoms with Gasteiger partial charge in [0.15, 0.2) is 0 Å². The monoisotopic (exact) mass is 490 g/mol. The van der Waals surface area contributed by atoms with E-state index in [0.717, 1.165) is 23.6 Å². The van der Waals surface area contributed by atoms with Crippen LogP contribution in [0.1, 0.15) is 110 Å². The van der Waals surface area contributed by atoms with E-state index in [1.165, 1.54) is 83.5 Å². The maximum atomic E-state index is 11.7. The topological polar surface area (TPSA) is 66.8 Å². The molecule has 5 heteroatoms. The molecule has 0 saturated heterocycles. The molecule has 1 unspecified atom stereocenters. The average molecular weight is 491 g/mol. The lowest BCUT2D eigenvalue weighted by molar-refractivity contribution is 0.202. The zero-order valence-corrected chi connectivity index (χ0v) is 22.2. The molecule has 0 saturated carbocycles. The highest BCUT2D eigenvalue weighted by molar-refractivity contribution is 7.51. The van der Waals surface area contributed by atoms with Gasteiger partial charge in [-0.05, 0) is 24.3 Å². The van der Waals surface area contributed by atoms with Crippen molar-refractivity contribution in [2.75, 3.05) is 6.16 Å². The minimum Gasteiger partial charge on any atom is -0.489 e. The summed E-state index contributed by atoms with van der Waals surface area (Å²) in [6, 6.07) is 13.8. The van der Waals surface area contributed by atoms with Gasteiger partial charge in [-0.2, -0.15) is 0 Å². The molecule has 2 rings (SSSR count). The molecule has 0 aromatic heterocycles. The van der Waals surface area contributed by atoms with E-state index in [1.807, 2.05) is 42.5 Å². The number of fused-ring (bicyclic) bond motifs is 1. The van der Waals surface area contributed by atoms with Crippen LogP contribution in [0.2, 0.25) is 0 Å². The third-order valence-electron chi connectivity index (χ3n) is 6.61. The normalized spacial score (nSPS) is 12.8. The molecule has 0 bridgehead atoms. The fourth-order valence-electron chi connectivity index (χ4n) is 4.67. The van der Waals surface area contributed by atoms with Crippen LogP contribution in [0.5, 0.6) is 5.75 Å². The molecule has 0 amide bonds. The van der Waals surface area contributed by atoms with Gasteiger partial charge >= 0.3 is 7.60 Å². The predicted molar refractivity (Wildman–Crippen MR) is 145 cm³/mol. The van der Waals surface area contributed by atoms with Crippen LogP contribution in [0.4, 0.5) is 0 Å². The summed E-state index contributed by atoms with van der Waals surface area (Å²) in [5, 5.41) is 2.05. The minimum absolute atomic E-state index is 0.227. The Hall–Kier alpha value is -1.35. The molecule has 0 fully saturated rings. The Morgan fingerprint density at radius 1 is 0.706 bits per heavy atom. The molecule has 4 nitrogen and oxygen atoms in total. The Morgan fingerprint density at radius 2 is 1.21 bits per heavy atom. The first-order valence-corrected chi connectivity index (χ1v) is 15.5. The SMILES string of the molecule is CCCCCCCCCCCCCCCCCC(CP(=O)(O)O)Oc1cccc2ccccc12. The number of hydrogen-bond acceptors (Lipinski definition) is 2. The molecule has 0 heterocycles. The first-order valence-electron chi connectivity index (χ1n) is 13.7. The summed E-state index contributed by atoms with van der Waals surface area (Å²) >= 11 is 0. The zero-order valence-electron chi connectivity index (χ0n) is 21.3. The van der Waals surface area contributed by atoms with E-state index in [2.05, 4.69) is 6.92 Å². The second-order valence-corrected chi connectivity index (χ2v) is 11.5. The van der Waals surface area contributed by atoms with Crippen molar-refractivity contribution in [1.82, 2.24) is 0 Å². The third-order valence-corrected chi connectivity index (χ3v) is 7.50. The summed E-state index contributed by atoms with van der Waals surface area (Å²) in [5.74, 6) is 0.706. The maximum absolute atomic E-state index is 11.7. The minimum atomic E-state index is -4.13. The van der Waals surface area contributed by atoms with Gasteiger partial charge in [-0.25, -0.2) is 0 Å². The number of ether oxygens (including phenoxy) is 1.